The highest BCUT2D eigenvalue weighted by Gasteiger charge is 2.19. The first-order chi connectivity index (χ1) is 14.2. The molecule has 0 radical (unpaired) electrons. The van der Waals surface area contributed by atoms with Gasteiger partial charge in [-0.2, -0.15) is 0 Å². The Morgan fingerprint density at radius 3 is 2.60 bits per heavy atom. The van der Waals surface area contributed by atoms with Gasteiger partial charge in [0.25, 0.3) is 0 Å². The number of hydrogen-bond acceptors (Lipinski definition) is 5. The van der Waals surface area contributed by atoms with Crippen LogP contribution in [0.1, 0.15) is 32.6 Å². The highest BCUT2D eigenvalue weighted by Crippen LogP contribution is 2.18. The zero-order valence-corrected chi connectivity index (χ0v) is 21.0. The van der Waals surface area contributed by atoms with Crippen LogP contribution in [0.15, 0.2) is 29.3 Å². The van der Waals surface area contributed by atoms with E-state index in [4.69, 9.17) is 19.2 Å². The summed E-state index contributed by atoms with van der Waals surface area (Å²) in [4.78, 5) is 7.24. The van der Waals surface area contributed by atoms with Crippen molar-refractivity contribution in [3.05, 3.63) is 24.3 Å². The standard InChI is InChI=1S/C22H38N4O3.HI/c1-4-23-22(25-19-10-14-26(15-11-19)13-7-16-27-2)24-12-6-17-29-21-9-5-8-20(18-21)28-3;/h5,8-9,18-19H,4,6-7,10-17H2,1-3H3,(H2,23,24,25);1H. The molecule has 1 heterocycles. The molecular weight excluding hydrogens is 495 g/mol. The lowest BCUT2D eigenvalue weighted by atomic mass is 10.1. The molecule has 0 aromatic heterocycles. The maximum absolute atomic E-state index is 5.79. The molecule has 172 valence electrons. The molecule has 2 N–H and O–H groups in total. The highest BCUT2D eigenvalue weighted by atomic mass is 127. The molecule has 0 aliphatic carbocycles. The van der Waals surface area contributed by atoms with E-state index in [0.29, 0.717) is 12.6 Å². The second-order valence-corrected chi connectivity index (χ2v) is 7.25. The summed E-state index contributed by atoms with van der Waals surface area (Å²) in [5.41, 5.74) is 0. The molecule has 0 amide bonds. The van der Waals surface area contributed by atoms with E-state index in [1.54, 1.807) is 14.2 Å². The van der Waals surface area contributed by atoms with Crippen LogP contribution in [-0.2, 0) is 4.74 Å². The van der Waals surface area contributed by atoms with E-state index in [-0.39, 0.29) is 24.0 Å². The smallest absolute Gasteiger partial charge is 0.191 e. The molecule has 1 fully saturated rings. The van der Waals surface area contributed by atoms with Crippen LogP contribution >= 0.6 is 24.0 Å². The van der Waals surface area contributed by atoms with Crippen LogP contribution in [0, 0.1) is 0 Å². The van der Waals surface area contributed by atoms with Gasteiger partial charge in [-0.3, -0.25) is 4.99 Å². The van der Waals surface area contributed by atoms with Gasteiger partial charge < -0.3 is 29.7 Å². The third-order valence-corrected chi connectivity index (χ3v) is 4.98. The molecule has 8 heteroatoms. The van der Waals surface area contributed by atoms with Crippen molar-refractivity contribution in [3.8, 4) is 11.5 Å². The number of likely N-dealkylation sites (tertiary alicyclic amines) is 1. The van der Waals surface area contributed by atoms with Gasteiger partial charge in [-0.25, -0.2) is 0 Å². The van der Waals surface area contributed by atoms with E-state index in [0.717, 1.165) is 82.5 Å². The molecule has 0 unspecified atom stereocenters. The van der Waals surface area contributed by atoms with Crippen molar-refractivity contribution in [2.45, 2.75) is 38.6 Å². The van der Waals surface area contributed by atoms with Crippen LogP contribution in [0.5, 0.6) is 11.5 Å². The Bertz CT molecular complexity index is 596. The van der Waals surface area contributed by atoms with Gasteiger partial charge in [0.05, 0.1) is 13.7 Å². The summed E-state index contributed by atoms with van der Waals surface area (Å²) in [6.45, 7) is 8.57. The molecule has 7 nitrogen and oxygen atoms in total. The summed E-state index contributed by atoms with van der Waals surface area (Å²) in [5, 5.41) is 6.96. The first-order valence-electron chi connectivity index (χ1n) is 10.8. The molecule has 1 aromatic carbocycles. The first-order valence-corrected chi connectivity index (χ1v) is 10.8. The molecule has 1 aromatic rings. The monoisotopic (exact) mass is 534 g/mol. The zero-order valence-electron chi connectivity index (χ0n) is 18.7. The molecule has 1 aliphatic heterocycles. The molecule has 0 spiro atoms. The first kappa shape index (κ1) is 26.8. The number of piperidine rings is 1. The van der Waals surface area contributed by atoms with Gasteiger partial charge in [0.2, 0.25) is 0 Å². The predicted octanol–water partition coefficient (Wildman–Crippen LogP) is 3.14. The highest BCUT2D eigenvalue weighted by molar-refractivity contribution is 14.0. The fourth-order valence-corrected chi connectivity index (χ4v) is 3.38. The predicted molar refractivity (Wildman–Crippen MR) is 134 cm³/mol. The normalized spacial score (nSPS) is 15.4. The Labute approximate surface area is 199 Å². The minimum atomic E-state index is 0. The summed E-state index contributed by atoms with van der Waals surface area (Å²) in [6.07, 6.45) is 4.27. The number of ether oxygens (including phenoxy) is 3. The van der Waals surface area contributed by atoms with Crippen molar-refractivity contribution < 1.29 is 14.2 Å². The van der Waals surface area contributed by atoms with Crippen LogP contribution in [0.2, 0.25) is 0 Å². The van der Waals surface area contributed by atoms with Gasteiger partial charge in [-0.1, -0.05) is 6.07 Å². The van der Waals surface area contributed by atoms with Crippen molar-refractivity contribution in [1.29, 1.82) is 0 Å². The second-order valence-electron chi connectivity index (χ2n) is 7.25. The number of benzene rings is 1. The fourth-order valence-electron chi connectivity index (χ4n) is 3.38. The average Bonchev–Trinajstić information content (AvgIpc) is 2.75. The molecule has 0 saturated carbocycles. The number of methoxy groups -OCH3 is 2. The number of nitrogens with one attached hydrogen (secondary N) is 2. The molecule has 0 atom stereocenters. The van der Waals surface area contributed by atoms with Gasteiger partial charge >= 0.3 is 0 Å². The van der Waals surface area contributed by atoms with Crippen molar-refractivity contribution in [1.82, 2.24) is 15.5 Å². The van der Waals surface area contributed by atoms with E-state index < -0.39 is 0 Å². The van der Waals surface area contributed by atoms with Crippen LogP contribution in [0.3, 0.4) is 0 Å². The Balaban J connectivity index is 0.00000450. The number of guanidine groups is 1. The Morgan fingerprint density at radius 2 is 1.90 bits per heavy atom. The van der Waals surface area contributed by atoms with Crippen molar-refractivity contribution in [3.63, 3.8) is 0 Å². The summed E-state index contributed by atoms with van der Waals surface area (Å²) in [6, 6.07) is 8.17. The third-order valence-electron chi connectivity index (χ3n) is 4.98. The van der Waals surface area contributed by atoms with Crippen molar-refractivity contribution in [2.75, 3.05) is 60.2 Å². The van der Waals surface area contributed by atoms with Crippen LogP contribution in [-0.4, -0.2) is 77.1 Å². The van der Waals surface area contributed by atoms with Gasteiger partial charge in [-0.05, 0) is 38.3 Å². The van der Waals surface area contributed by atoms with E-state index in [1.165, 1.54) is 0 Å². The minimum absolute atomic E-state index is 0. The SMILES string of the molecule is CCNC(=NCCCOc1cccc(OC)c1)NC1CCN(CCCOC)CC1.I. The summed E-state index contributed by atoms with van der Waals surface area (Å²) < 4.78 is 16.2. The number of hydrogen-bond donors (Lipinski definition) is 2. The summed E-state index contributed by atoms with van der Waals surface area (Å²) in [5.74, 6) is 2.55. The largest absolute Gasteiger partial charge is 0.497 e. The van der Waals surface area contributed by atoms with E-state index >= 15 is 0 Å². The lowest BCUT2D eigenvalue weighted by Crippen LogP contribution is -2.48. The van der Waals surface area contributed by atoms with Gasteiger partial charge in [0, 0.05) is 65.0 Å². The molecule has 30 heavy (non-hydrogen) atoms. The molecular formula is C22H39IN4O3. The minimum Gasteiger partial charge on any atom is -0.497 e. The van der Waals surface area contributed by atoms with E-state index in [2.05, 4.69) is 22.5 Å². The second kappa shape index (κ2) is 16.4. The van der Waals surface area contributed by atoms with Crippen LogP contribution in [0.25, 0.3) is 0 Å². The zero-order chi connectivity index (χ0) is 20.7. The van der Waals surface area contributed by atoms with E-state index in [1.807, 2.05) is 24.3 Å². The Hall–Kier alpha value is -1.26. The summed E-state index contributed by atoms with van der Waals surface area (Å²) in [7, 11) is 3.43. The van der Waals surface area contributed by atoms with Crippen molar-refractivity contribution in [2.24, 2.45) is 4.99 Å². The number of rotatable bonds is 12. The molecule has 0 bridgehead atoms. The third kappa shape index (κ3) is 10.7. The van der Waals surface area contributed by atoms with Crippen molar-refractivity contribution >= 4 is 29.9 Å². The lowest BCUT2D eigenvalue weighted by Gasteiger charge is -2.33. The topological polar surface area (TPSA) is 67.4 Å². The number of halogens is 1. The average molecular weight is 534 g/mol. The van der Waals surface area contributed by atoms with Gasteiger partial charge in [0.1, 0.15) is 11.5 Å². The summed E-state index contributed by atoms with van der Waals surface area (Å²) >= 11 is 0. The number of nitrogens with zero attached hydrogens (tertiary/aromatic N) is 2. The number of aliphatic imine (C=N–C) groups is 1. The molecule has 2 rings (SSSR count). The maximum Gasteiger partial charge on any atom is 0.191 e. The van der Waals surface area contributed by atoms with Gasteiger partial charge in [-0.15, -0.1) is 24.0 Å². The quantitative estimate of drug-likeness (QED) is 0.186. The van der Waals surface area contributed by atoms with Gasteiger partial charge in [0.15, 0.2) is 5.96 Å². The van der Waals surface area contributed by atoms with Crippen LogP contribution < -0.4 is 20.1 Å². The fraction of sp³-hybridized carbons (Fsp3) is 0.682. The van der Waals surface area contributed by atoms with Crippen LogP contribution in [0.4, 0.5) is 0 Å². The Morgan fingerprint density at radius 1 is 1.13 bits per heavy atom. The Kier molecular flexibility index (Phi) is 14.7. The van der Waals surface area contributed by atoms with E-state index in [9.17, 15) is 0 Å². The maximum atomic E-state index is 5.79. The molecule has 1 aliphatic rings. The molecule has 1 saturated heterocycles. The lowest BCUT2D eigenvalue weighted by molar-refractivity contribution is 0.155.